The quantitative estimate of drug-likeness (QED) is 0.778. The molecule has 0 bridgehead atoms. The summed E-state index contributed by atoms with van der Waals surface area (Å²) in [4.78, 5) is 24.0. The number of hydrogen-bond donors (Lipinski definition) is 1. The van der Waals surface area contributed by atoms with Crippen LogP contribution in [0.5, 0.6) is 0 Å². The molecule has 1 atom stereocenters. The molecule has 1 aliphatic rings. The molecule has 1 amide bonds. The van der Waals surface area contributed by atoms with E-state index in [1.807, 2.05) is 0 Å². The van der Waals surface area contributed by atoms with Crippen LogP contribution in [0.25, 0.3) is 0 Å². The molecule has 0 aromatic rings. The third-order valence-electron chi connectivity index (χ3n) is 3.33. The maximum atomic E-state index is 11.8. The Morgan fingerprint density at radius 2 is 1.94 bits per heavy atom. The Labute approximate surface area is 96.6 Å². The molecule has 0 aromatic heterocycles. The van der Waals surface area contributed by atoms with Crippen molar-refractivity contribution in [2.75, 3.05) is 13.6 Å². The van der Waals surface area contributed by atoms with Gasteiger partial charge >= 0.3 is 5.97 Å². The normalized spacial score (nSPS) is 18.4. The van der Waals surface area contributed by atoms with Crippen LogP contribution < -0.4 is 0 Å². The van der Waals surface area contributed by atoms with Crippen molar-refractivity contribution in [2.45, 2.75) is 39.0 Å². The van der Waals surface area contributed by atoms with E-state index >= 15 is 0 Å². The predicted molar refractivity (Wildman–Crippen MR) is 61.0 cm³/mol. The molecule has 1 rings (SSSR count). The van der Waals surface area contributed by atoms with Gasteiger partial charge in [0.1, 0.15) is 0 Å². The molecule has 4 nitrogen and oxygen atoms in total. The second kappa shape index (κ2) is 5.87. The summed E-state index contributed by atoms with van der Waals surface area (Å²) in [5.74, 6) is -0.729. The van der Waals surface area contributed by atoms with Gasteiger partial charge in [-0.25, -0.2) is 0 Å². The lowest BCUT2D eigenvalue weighted by molar-refractivity contribution is -0.142. The fourth-order valence-electron chi connectivity index (χ4n) is 2.21. The van der Waals surface area contributed by atoms with Gasteiger partial charge in [-0.05, 0) is 18.8 Å². The van der Waals surface area contributed by atoms with E-state index in [0.717, 1.165) is 12.8 Å². The first-order valence-corrected chi connectivity index (χ1v) is 5.97. The Morgan fingerprint density at radius 3 is 2.44 bits per heavy atom. The van der Waals surface area contributed by atoms with Crippen LogP contribution in [-0.4, -0.2) is 35.5 Å². The lowest BCUT2D eigenvalue weighted by Gasteiger charge is -2.21. The highest BCUT2D eigenvalue weighted by Gasteiger charge is 2.22. The Bertz CT molecular complexity index is 259. The van der Waals surface area contributed by atoms with Gasteiger partial charge in [-0.2, -0.15) is 0 Å². The highest BCUT2D eigenvalue weighted by molar-refractivity contribution is 5.77. The van der Waals surface area contributed by atoms with E-state index < -0.39 is 11.9 Å². The van der Waals surface area contributed by atoms with Gasteiger partial charge in [-0.3, -0.25) is 9.59 Å². The molecule has 92 valence electrons. The van der Waals surface area contributed by atoms with Crippen molar-refractivity contribution in [1.82, 2.24) is 4.90 Å². The van der Waals surface area contributed by atoms with Gasteiger partial charge in [0.2, 0.25) is 5.91 Å². The first-order valence-electron chi connectivity index (χ1n) is 5.97. The molecular formula is C12H21NO3. The molecule has 0 saturated heterocycles. The minimum atomic E-state index is -0.847. The van der Waals surface area contributed by atoms with Gasteiger partial charge in [-0.15, -0.1) is 0 Å². The zero-order chi connectivity index (χ0) is 12.1. The summed E-state index contributed by atoms with van der Waals surface area (Å²) in [6.45, 7) is 1.93. The fourth-order valence-corrected chi connectivity index (χ4v) is 2.21. The molecule has 0 radical (unpaired) electrons. The lowest BCUT2D eigenvalue weighted by atomic mass is 10.0. The molecule has 4 heteroatoms. The number of carbonyl (C=O) groups is 2. The van der Waals surface area contributed by atoms with E-state index in [-0.39, 0.29) is 5.91 Å². The minimum Gasteiger partial charge on any atom is -0.481 e. The van der Waals surface area contributed by atoms with Crippen LogP contribution in [0.3, 0.4) is 0 Å². The zero-order valence-electron chi connectivity index (χ0n) is 10.1. The summed E-state index contributed by atoms with van der Waals surface area (Å²) in [5, 5.41) is 8.76. The highest BCUT2D eigenvalue weighted by Crippen LogP contribution is 2.27. The van der Waals surface area contributed by atoms with Gasteiger partial charge in [-0.1, -0.05) is 19.8 Å². The Kier molecular flexibility index (Phi) is 4.77. The van der Waals surface area contributed by atoms with Crippen LogP contribution in [0.1, 0.15) is 39.0 Å². The van der Waals surface area contributed by atoms with Gasteiger partial charge in [0.15, 0.2) is 0 Å². The predicted octanol–water partition coefficient (Wildman–Crippen LogP) is 1.75. The Balaban J connectivity index is 2.32. The Hall–Kier alpha value is -1.06. The van der Waals surface area contributed by atoms with E-state index in [9.17, 15) is 9.59 Å². The third-order valence-corrected chi connectivity index (χ3v) is 3.33. The van der Waals surface area contributed by atoms with Crippen LogP contribution in [0, 0.1) is 11.8 Å². The van der Waals surface area contributed by atoms with Crippen LogP contribution in [0.2, 0.25) is 0 Å². The molecule has 1 N–H and O–H groups in total. The molecule has 0 aromatic carbocycles. The fraction of sp³-hybridized carbons (Fsp3) is 0.833. The van der Waals surface area contributed by atoms with Crippen LogP contribution in [0.15, 0.2) is 0 Å². The third kappa shape index (κ3) is 3.83. The zero-order valence-corrected chi connectivity index (χ0v) is 10.1. The van der Waals surface area contributed by atoms with E-state index in [1.165, 1.54) is 12.8 Å². The van der Waals surface area contributed by atoms with Gasteiger partial charge < -0.3 is 10.0 Å². The Morgan fingerprint density at radius 1 is 1.38 bits per heavy atom. The molecule has 0 aliphatic heterocycles. The smallest absolute Gasteiger partial charge is 0.308 e. The maximum absolute atomic E-state index is 11.8. The monoisotopic (exact) mass is 227 g/mol. The minimum absolute atomic E-state index is 0.0833. The number of carbonyl (C=O) groups excluding carboxylic acids is 1. The molecule has 0 spiro atoms. The van der Waals surface area contributed by atoms with Crippen LogP contribution in [-0.2, 0) is 9.59 Å². The summed E-state index contributed by atoms with van der Waals surface area (Å²) in [7, 11) is 1.69. The van der Waals surface area contributed by atoms with E-state index in [2.05, 4.69) is 0 Å². The number of nitrogens with zero attached hydrogens (tertiary/aromatic N) is 1. The molecule has 16 heavy (non-hydrogen) atoms. The molecular weight excluding hydrogens is 206 g/mol. The van der Waals surface area contributed by atoms with Crippen molar-refractivity contribution >= 4 is 11.9 Å². The topological polar surface area (TPSA) is 57.6 Å². The molecule has 1 saturated carbocycles. The number of amides is 1. The summed E-state index contributed by atoms with van der Waals surface area (Å²) in [5.41, 5.74) is 0. The van der Waals surface area contributed by atoms with E-state index in [1.54, 1.807) is 18.9 Å². The van der Waals surface area contributed by atoms with Crippen LogP contribution in [0.4, 0.5) is 0 Å². The maximum Gasteiger partial charge on any atom is 0.308 e. The van der Waals surface area contributed by atoms with Gasteiger partial charge in [0, 0.05) is 20.0 Å². The highest BCUT2D eigenvalue weighted by atomic mass is 16.4. The summed E-state index contributed by atoms with van der Waals surface area (Å²) >= 11 is 0. The first-order chi connectivity index (χ1) is 7.50. The summed E-state index contributed by atoms with van der Waals surface area (Å²) in [6.07, 6.45) is 5.34. The van der Waals surface area contributed by atoms with Gasteiger partial charge in [0.05, 0.1) is 5.92 Å². The summed E-state index contributed by atoms with van der Waals surface area (Å²) in [6, 6.07) is 0. The van der Waals surface area contributed by atoms with Crippen molar-refractivity contribution in [3.05, 3.63) is 0 Å². The number of carboxylic acids is 1. The standard InChI is InChI=1S/C12H21NO3/c1-9(12(15)16)8-13(2)11(14)7-10-5-3-4-6-10/h9-10H,3-8H2,1-2H3,(H,15,16). The molecule has 1 aliphatic carbocycles. The number of hydrogen-bond acceptors (Lipinski definition) is 2. The van der Waals surface area contributed by atoms with E-state index in [4.69, 9.17) is 5.11 Å². The lowest BCUT2D eigenvalue weighted by Crippen LogP contribution is -2.34. The summed E-state index contributed by atoms with van der Waals surface area (Å²) < 4.78 is 0. The number of rotatable bonds is 5. The number of carboxylic acid groups (broad SMARTS) is 1. The van der Waals surface area contributed by atoms with Gasteiger partial charge in [0.25, 0.3) is 0 Å². The van der Waals surface area contributed by atoms with Crippen molar-refractivity contribution < 1.29 is 14.7 Å². The molecule has 1 fully saturated rings. The first kappa shape index (κ1) is 13.0. The van der Waals surface area contributed by atoms with E-state index in [0.29, 0.717) is 18.9 Å². The largest absolute Gasteiger partial charge is 0.481 e. The van der Waals surface area contributed by atoms with Crippen molar-refractivity contribution in [3.63, 3.8) is 0 Å². The number of aliphatic carboxylic acids is 1. The molecule has 0 heterocycles. The molecule has 1 unspecified atom stereocenters. The average Bonchev–Trinajstić information content (AvgIpc) is 2.69. The average molecular weight is 227 g/mol. The van der Waals surface area contributed by atoms with Crippen molar-refractivity contribution in [2.24, 2.45) is 11.8 Å². The van der Waals surface area contributed by atoms with Crippen molar-refractivity contribution in [1.29, 1.82) is 0 Å². The van der Waals surface area contributed by atoms with Crippen molar-refractivity contribution in [3.8, 4) is 0 Å². The second-order valence-electron chi connectivity index (χ2n) is 4.87. The SMILES string of the molecule is CC(CN(C)C(=O)CC1CCCC1)C(=O)O. The second-order valence-corrected chi connectivity index (χ2v) is 4.87. The van der Waals surface area contributed by atoms with Crippen LogP contribution >= 0.6 is 0 Å².